The summed E-state index contributed by atoms with van der Waals surface area (Å²) in [4.78, 5) is 21.1. The molecule has 0 fully saturated rings. The Morgan fingerprint density at radius 3 is 2.97 bits per heavy atom. The normalized spacial score (nSPS) is 15.1. The molecule has 0 saturated carbocycles. The molecule has 29 heavy (non-hydrogen) atoms. The number of carbonyl (C=O) groups excluding carboxylic acids is 1. The molecule has 0 spiro atoms. The van der Waals surface area contributed by atoms with Crippen molar-refractivity contribution >= 4 is 29.3 Å². The maximum Gasteiger partial charge on any atom is 0.271 e. The molecule has 1 aliphatic rings. The van der Waals surface area contributed by atoms with Gasteiger partial charge in [0.25, 0.3) is 5.91 Å². The Kier molecular flexibility index (Phi) is 5.47. The lowest BCUT2D eigenvalue weighted by Gasteiger charge is -2.11. The molecule has 4 rings (SSSR count). The Hall–Kier alpha value is -2.58. The average Bonchev–Trinajstić information content (AvgIpc) is 3.29. The Morgan fingerprint density at radius 1 is 1.41 bits per heavy atom. The summed E-state index contributed by atoms with van der Waals surface area (Å²) >= 11 is 7.96. The van der Waals surface area contributed by atoms with Gasteiger partial charge in [-0.25, -0.2) is 9.97 Å². The largest absolute Gasteiger partial charge is 0.486 e. The number of nitrogens with one attached hydrogen (secondary N) is 1. The summed E-state index contributed by atoms with van der Waals surface area (Å²) in [6, 6.07) is 7.51. The van der Waals surface area contributed by atoms with E-state index in [1.165, 1.54) is 11.8 Å². The molecule has 1 atom stereocenters. The van der Waals surface area contributed by atoms with Crippen LogP contribution in [0.5, 0.6) is 5.75 Å². The van der Waals surface area contributed by atoms with Crippen LogP contribution >= 0.6 is 23.4 Å². The third kappa shape index (κ3) is 4.09. The fourth-order valence-corrected chi connectivity index (χ4v) is 3.86. The van der Waals surface area contributed by atoms with Gasteiger partial charge < -0.3 is 10.1 Å². The first-order chi connectivity index (χ1) is 13.9. The summed E-state index contributed by atoms with van der Waals surface area (Å²) in [5.74, 6) is 0.452. The third-order valence-electron chi connectivity index (χ3n) is 4.80. The van der Waals surface area contributed by atoms with Crippen molar-refractivity contribution in [2.75, 3.05) is 12.8 Å². The van der Waals surface area contributed by atoms with Crippen LogP contribution in [-0.4, -0.2) is 44.6 Å². The number of ether oxygens (including phenoxy) is 1. The molecular weight excluding hydrogens is 410 g/mol. The van der Waals surface area contributed by atoms with Crippen molar-refractivity contribution in [2.24, 2.45) is 7.05 Å². The van der Waals surface area contributed by atoms with Gasteiger partial charge in [-0.2, -0.15) is 5.10 Å². The van der Waals surface area contributed by atoms with Crippen LogP contribution in [-0.2, 0) is 13.5 Å². The van der Waals surface area contributed by atoms with Gasteiger partial charge in [0.15, 0.2) is 5.16 Å². The summed E-state index contributed by atoms with van der Waals surface area (Å²) in [6.45, 7) is 2.28. The summed E-state index contributed by atoms with van der Waals surface area (Å²) < 4.78 is 7.65. The fraction of sp³-hybridized carbons (Fsp3) is 0.300. The Labute approximate surface area is 177 Å². The molecule has 9 heteroatoms. The summed E-state index contributed by atoms with van der Waals surface area (Å²) in [7, 11) is 1.81. The van der Waals surface area contributed by atoms with Crippen LogP contribution in [0.25, 0.3) is 11.3 Å². The predicted molar refractivity (Wildman–Crippen MR) is 113 cm³/mol. The number of rotatable bonds is 5. The number of aryl methyl sites for hydroxylation is 2. The molecule has 0 saturated heterocycles. The van der Waals surface area contributed by atoms with Gasteiger partial charge in [0, 0.05) is 36.5 Å². The van der Waals surface area contributed by atoms with Crippen LogP contribution in [0.15, 0.2) is 35.6 Å². The van der Waals surface area contributed by atoms with Gasteiger partial charge in [0.05, 0.1) is 17.3 Å². The topological polar surface area (TPSA) is 81.9 Å². The molecule has 0 radical (unpaired) electrons. The number of aromatic nitrogens is 4. The lowest BCUT2D eigenvalue weighted by atomic mass is 10.0. The monoisotopic (exact) mass is 429 g/mol. The van der Waals surface area contributed by atoms with E-state index < -0.39 is 0 Å². The van der Waals surface area contributed by atoms with Gasteiger partial charge in [-0.3, -0.25) is 9.48 Å². The molecular formula is C20H20ClN5O2S. The van der Waals surface area contributed by atoms with Crippen molar-refractivity contribution in [3.05, 3.63) is 52.4 Å². The molecule has 1 aromatic carbocycles. The second-order valence-electron chi connectivity index (χ2n) is 6.82. The smallest absolute Gasteiger partial charge is 0.271 e. The molecule has 3 heterocycles. The fourth-order valence-electron chi connectivity index (χ4n) is 3.22. The number of halogens is 1. The van der Waals surface area contributed by atoms with Crippen molar-refractivity contribution in [3.63, 3.8) is 0 Å². The van der Waals surface area contributed by atoms with E-state index in [-0.39, 0.29) is 12.0 Å². The van der Waals surface area contributed by atoms with Gasteiger partial charge >= 0.3 is 0 Å². The van der Waals surface area contributed by atoms with Crippen LogP contribution in [0, 0.1) is 6.92 Å². The van der Waals surface area contributed by atoms with Crippen molar-refractivity contribution < 1.29 is 9.53 Å². The summed E-state index contributed by atoms with van der Waals surface area (Å²) in [6.07, 6.45) is 4.15. The second-order valence-corrected chi connectivity index (χ2v) is 8.00. The molecule has 0 unspecified atom stereocenters. The molecule has 1 aliphatic heterocycles. The summed E-state index contributed by atoms with van der Waals surface area (Å²) in [5.41, 5.74) is 4.06. The number of thioether (sulfide) groups is 1. The molecule has 2 aromatic heterocycles. The van der Waals surface area contributed by atoms with E-state index in [1.807, 2.05) is 38.4 Å². The first-order valence-electron chi connectivity index (χ1n) is 9.10. The highest BCUT2D eigenvalue weighted by atomic mass is 35.5. The number of carbonyl (C=O) groups is 1. The van der Waals surface area contributed by atoms with Crippen LogP contribution in [0.4, 0.5) is 0 Å². The van der Waals surface area contributed by atoms with Gasteiger partial charge in [0.2, 0.25) is 0 Å². The van der Waals surface area contributed by atoms with Crippen molar-refractivity contribution in [2.45, 2.75) is 24.6 Å². The highest BCUT2D eigenvalue weighted by molar-refractivity contribution is 7.98. The zero-order valence-electron chi connectivity index (χ0n) is 16.3. The minimum atomic E-state index is -0.217. The standard InChI is InChI=1S/C20H20ClN5O2S/c1-11-6-17(25-26(11)2)19(27)23-10-14-8-13-7-12(9-15(21)18(13)28-14)16-4-5-22-20(24-16)29-3/h4-7,9,14H,8,10H2,1-3H3,(H,23,27)/t14-/m1/s1. The zero-order chi connectivity index (χ0) is 20.5. The van der Waals surface area contributed by atoms with E-state index in [4.69, 9.17) is 16.3 Å². The van der Waals surface area contributed by atoms with E-state index in [0.717, 1.165) is 22.5 Å². The van der Waals surface area contributed by atoms with E-state index in [0.29, 0.717) is 34.6 Å². The first kappa shape index (κ1) is 19.7. The van der Waals surface area contributed by atoms with Gasteiger partial charge in [-0.05, 0) is 37.4 Å². The van der Waals surface area contributed by atoms with Crippen LogP contribution in [0.1, 0.15) is 21.7 Å². The molecule has 1 amide bonds. The maximum atomic E-state index is 12.3. The third-order valence-corrected chi connectivity index (χ3v) is 5.64. The predicted octanol–water partition coefficient (Wildman–Crippen LogP) is 3.29. The highest BCUT2D eigenvalue weighted by Crippen LogP contribution is 2.39. The quantitative estimate of drug-likeness (QED) is 0.495. The molecule has 1 N–H and O–H groups in total. The second kappa shape index (κ2) is 8.04. The maximum absolute atomic E-state index is 12.3. The number of hydrogen-bond donors (Lipinski definition) is 1. The van der Waals surface area contributed by atoms with Crippen molar-refractivity contribution in [1.29, 1.82) is 0 Å². The molecule has 0 aliphatic carbocycles. The van der Waals surface area contributed by atoms with E-state index in [2.05, 4.69) is 20.4 Å². The van der Waals surface area contributed by atoms with Gasteiger partial charge in [-0.1, -0.05) is 23.4 Å². The Bertz CT molecular complexity index is 1070. The minimum absolute atomic E-state index is 0.182. The highest BCUT2D eigenvalue weighted by Gasteiger charge is 2.27. The van der Waals surface area contributed by atoms with Crippen molar-refractivity contribution in [1.82, 2.24) is 25.1 Å². The summed E-state index contributed by atoms with van der Waals surface area (Å²) in [5, 5.41) is 8.34. The van der Waals surface area contributed by atoms with E-state index in [9.17, 15) is 4.79 Å². The molecule has 3 aromatic rings. The number of fused-ring (bicyclic) bond motifs is 1. The SMILES string of the molecule is CSc1nccc(-c2cc(Cl)c3c(c2)C[C@H](CNC(=O)c2cc(C)n(C)n2)O3)n1. The number of hydrogen-bond acceptors (Lipinski definition) is 6. The first-order valence-corrected chi connectivity index (χ1v) is 10.7. The number of benzene rings is 1. The lowest BCUT2D eigenvalue weighted by molar-refractivity contribution is 0.0928. The number of nitrogens with zero attached hydrogens (tertiary/aromatic N) is 4. The van der Waals surface area contributed by atoms with Crippen LogP contribution < -0.4 is 10.1 Å². The van der Waals surface area contributed by atoms with Gasteiger partial charge in [-0.15, -0.1) is 0 Å². The van der Waals surface area contributed by atoms with E-state index in [1.54, 1.807) is 16.9 Å². The van der Waals surface area contributed by atoms with E-state index >= 15 is 0 Å². The minimum Gasteiger partial charge on any atom is -0.486 e. The van der Waals surface area contributed by atoms with Crippen LogP contribution in [0.3, 0.4) is 0 Å². The Morgan fingerprint density at radius 2 is 2.24 bits per heavy atom. The van der Waals surface area contributed by atoms with Crippen LogP contribution in [0.2, 0.25) is 5.02 Å². The molecule has 7 nitrogen and oxygen atoms in total. The molecule has 0 bridgehead atoms. The zero-order valence-corrected chi connectivity index (χ0v) is 17.8. The molecule has 150 valence electrons. The number of amides is 1. The van der Waals surface area contributed by atoms with Gasteiger partial charge in [0.1, 0.15) is 17.5 Å². The average molecular weight is 430 g/mol. The van der Waals surface area contributed by atoms with Crippen molar-refractivity contribution in [3.8, 4) is 17.0 Å². The lowest BCUT2D eigenvalue weighted by Crippen LogP contribution is -2.34. The Balaban J connectivity index is 1.46.